The SMILES string of the molecule is Clc1ccc(S/C(=C/c2ccccc2)c2ccc(Cl)cc2)cc1. The minimum absolute atomic E-state index is 0.740. The number of hydrogen-bond donors (Lipinski definition) is 0. The molecule has 0 bridgehead atoms. The third kappa shape index (κ3) is 4.65. The summed E-state index contributed by atoms with van der Waals surface area (Å²) < 4.78 is 0. The molecule has 0 aliphatic carbocycles. The van der Waals surface area contributed by atoms with Gasteiger partial charge in [-0.05, 0) is 53.6 Å². The molecular formula is C20H14Cl2S. The largest absolute Gasteiger partial charge is 0.0894 e. The Balaban J connectivity index is 1.97. The number of benzene rings is 3. The highest BCUT2D eigenvalue weighted by Crippen LogP contribution is 2.36. The highest BCUT2D eigenvalue weighted by molar-refractivity contribution is 8.08. The van der Waals surface area contributed by atoms with Gasteiger partial charge in [-0.1, -0.05) is 77.4 Å². The molecule has 0 aliphatic heterocycles. The van der Waals surface area contributed by atoms with E-state index in [9.17, 15) is 0 Å². The van der Waals surface area contributed by atoms with Crippen LogP contribution in [0.4, 0.5) is 0 Å². The molecule has 0 aliphatic rings. The Bertz CT molecular complexity index is 791. The topological polar surface area (TPSA) is 0 Å². The van der Waals surface area contributed by atoms with Gasteiger partial charge in [0.15, 0.2) is 0 Å². The van der Waals surface area contributed by atoms with Crippen molar-refractivity contribution in [2.75, 3.05) is 0 Å². The van der Waals surface area contributed by atoms with Crippen molar-refractivity contribution < 1.29 is 0 Å². The maximum Gasteiger partial charge on any atom is 0.0406 e. The van der Waals surface area contributed by atoms with E-state index in [0.717, 1.165) is 25.4 Å². The normalized spacial score (nSPS) is 11.5. The van der Waals surface area contributed by atoms with Crippen molar-refractivity contribution in [2.24, 2.45) is 0 Å². The van der Waals surface area contributed by atoms with Crippen LogP contribution in [0.5, 0.6) is 0 Å². The minimum Gasteiger partial charge on any atom is -0.0894 e. The minimum atomic E-state index is 0.740. The van der Waals surface area contributed by atoms with E-state index in [-0.39, 0.29) is 0 Å². The predicted molar refractivity (Wildman–Crippen MR) is 103 cm³/mol. The lowest BCUT2D eigenvalue weighted by Crippen LogP contribution is -1.82. The van der Waals surface area contributed by atoms with E-state index in [4.69, 9.17) is 23.2 Å². The molecule has 0 nitrogen and oxygen atoms in total. The van der Waals surface area contributed by atoms with Crippen molar-refractivity contribution in [3.63, 3.8) is 0 Å². The van der Waals surface area contributed by atoms with Crippen LogP contribution < -0.4 is 0 Å². The summed E-state index contributed by atoms with van der Waals surface area (Å²) in [5.74, 6) is 0. The van der Waals surface area contributed by atoms with Crippen molar-refractivity contribution in [3.8, 4) is 0 Å². The van der Waals surface area contributed by atoms with E-state index < -0.39 is 0 Å². The second-order valence-electron chi connectivity index (χ2n) is 4.98. The van der Waals surface area contributed by atoms with Gasteiger partial charge in [0.1, 0.15) is 0 Å². The zero-order valence-electron chi connectivity index (χ0n) is 12.2. The first-order valence-corrected chi connectivity index (χ1v) is 8.74. The molecule has 0 saturated heterocycles. The fourth-order valence-electron chi connectivity index (χ4n) is 2.12. The fraction of sp³-hybridized carbons (Fsp3) is 0. The lowest BCUT2D eigenvalue weighted by molar-refractivity contribution is 1.47. The quantitative estimate of drug-likeness (QED) is 0.349. The van der Waals surface area contributed by atoms with Crippen LogP contribution in [0.3, 0.4) is 0 Å². The fourth-order valence-corrected chi connectivity index (χ4v) is 3.34. The molecule has 0 spiro atoms. The van der Waals surface area contributed by atoms with Crippen LogP contribution in [0.1, 0.15) is 11.1 Å². The summed E-state index contributed by atoms with van der Waals surface area (Å²) in [5.41, 5.74) is 2.30. The van der Waals surface area contributed by atoms with Crippen LogP contribution in [-0.4, -0.2) is 0 Å². The zero-order valence-corrected chi connectivity index (χ0v) is 14.6. The molecule has 3 aromatic carbocycles. The average molecular weight is 357 g/mol. The maximum absolute atomic E-state index is 6.01. The number of rotatable bonds is 4. The summed E-state index contributed by atoms with van der Waals surface area (Å²) in [6, 6.07) is 26.1. The molecular weight excluding hydrogens is 343 g/mol. The molecule has 0 saturated carbocycles. The van der Waals surface area contributed by atoms with Gasteiger partial charge in [0, 0.05) is 19.8 Å². The molecule has 0 aromatic heterocycles. The van der Waals surface area contributed by atoms with E-state index in [2.05, 4.69) is 18.2 Å². The van der Waals surface area contributed by atoms with Crippen molar-refractivity contribution in [2.45, 2.75) is 4.90 Å². The van der Waals surface area contributed by atoms with Gasteiger partial charge in [0.2, 0.25) is 0 Å². The van der Waals surface area contributed by atoms with Gasteiger partial charge >= 0.3 is 0 Å². The second-order valence-corrected chi connectivity index (χ2v) is 6.97. The van der Waals surface area contributed by atoms with Crippen molar-refractivity contribution in [3.05, 3.63) is 100 Å². The molecule has 0 heterocycles. The van der Waals surface area contributed by atoms with E-state index in [1.165, 1.54) is 5.56 Å². The van der Waals surface area contributed by atoms with Gasteiger partial charge in [-0.2, -0.15) is 0 Å². The van der Waals surface area contributed by atoms with E-state index in [1.54, 1.807) is 11.8 Å². The number of halogens is 2. The van der Waals surface area contributed by atoms with Crippen LogP contribution in [0.15, 0.2) is 83.8 Å². The van der Waals surface area contributed by atoms with E-state index in [0.29, 0.717) is 0 Å². The van der Waals surface area contributed by atoms with Gasteiger partial charge in [-0.3, -0.25) is 0 Å². The van der Waals surface area contributed by atoms with Crippen LogP contribution in [-0.2, 0) is 0 Å². The summed E-state index contributed by atoms with van der Waals surface area (Å²) >= 11 is 13.7. The van der Waals surface area contributed by atoms with Crippen LogP contribution in [0.2, 0.25) is 10.0 Å². The Labute approximate surface area is 150 Å². The number of thioether (sulfide) groups is 1. The Morgan fingerprint density at radius 2 is 1.26 bits per heavy atom. The van der Waals surface area contributed by atoms with Crippen LogP contribution >= 0.6 is 35.0 Å². The zero-order chi connectivity index (χ0) is 16.1. The van der Waals surface area contributed by atoms with Crippen molar-refractivity contribution in [1.29, 1.82) is 0 Å². The van der Waals surface area contributed by atoms with E-state index >= 15 is 0 Å². The maximum atomic E-state index is 6.01. The Morgan fingerprint density at radius 1 is 0.696 bits per heavy atom. The Hall–Kier alpha value is -1.67. The van der Waals surface area contributed by atoms with Gasteiger partial charge in [0.25, 0.3) is 0 Å². The predicted octanol–water partition coefficient (Wildman–Crippen LogP) is 7.28. The Kier molecular flexibility index (Phi) is 5.45. The first-order chi connectivity index (χ1) is 11.2. The molecule has 0 fully saturated rings. The second kappa shape index (κ2) is 7.74. The highest BCUT2D eigenvalue weighted by Gasteiger charge is 2.05. The molecule has 23 heavy (non-hydrogen) atoms. The standard InChI is InChI=1S/C20H14Cl2S/c21-17-8-6-16(7-9-17)20(14-15-4-2-1-3-5-15)23-19-12-10-18(22)11-13-19/h1-14H/b20-14+. The molecule has 0 atom stereocenters. The van der Waals surface area contributed by atoms with Crippen LogP contribution in [0, 0.1) is 0 Å². The number of hydrogen-bond acceptors (Lipinski definition) is 1. The third-order valence-electron chi connectivity index (χ3n) is 3.27. The molecule has 114 valence electrons. The molecule has 3 aromatic rings. The average Bonchev–Trinajstić information content (AvgIpc) is 2.58. The van der Waals surface area contributed by atoms with Gasteiger partial charge in [0.05, 0.1) is 0 Å². The smallest absolute Gasteiger partial charge is 0.0406 e. The van der Waals surface area contributed by atoms with E-state index in [1.807, 2.05) is 66.7 Å². The molecule has 0 N–H and O–H groups in total. The summed E-state index contributed by atoms with van der Waals surface area (Å²) in [6.45, 7) is 0. The molecule has 0 radical (unpaired) electrons. The highest BCUT2D eigenvalue weighted by atomic mass is 35.5. The molecule has 0 unspecified atom stereocenters. The summed E-state index contributed by atoms with van der Waals surface area (Å²) in [6.07, 6.45) is 2.18. The summed E-state index contributed by atoms with van der Waals surface area (Å²) in [7, 11) is 0. The summed E-state index contributed by atoms with van der Waals surface area (Å²) in [5, 5.41) is 1.48. The molecule has 3 heteroatoms. The lowest BCUT2D eigenvalue weighted by Gasteiger charge is -2.09. The lowest BCUT2D eigenvalue weighted by atomic mass is 10.1. The first kappa shape index (κ1) is 16.2. The van der Waals surface area contributed by atoms with Crippen molar-refractivity contribution in [1.82, 2.24) is 0 Å². The summed E-state index contributed by atoms with van der Waals surface area (Å²) in [4.78, 5) is 2.31. The van der Waals surface area contributed by atoms with Crippen molar-refractivity contribution >= 4 is 45.9 Å². The Morgan fingerprint density at radius 3 is 1.87 bits per heavy atom. The molecule has 0 amide bonds. The van der Waals surface area contributed by atoms with Gasteiger partial charge in [-0.15, -0.1) is 0 Å². The van der Waals surface area contributed by atoms with Gasteiger partial charge in [-0.25, -0.2) is 0 Å². The third-order valence-corrected chi connectivity index (χ3v) is 4.85. The van der Waals surface area contributed by atoms with Crippen LogP contribution in [0.25, 0.3) is 11.0 Å². The first-order valence-electron chi connectivity index (χ1n) is 7.17. The van der Waals surface area contributed by atoms with Gasteiger partial charge < -0.3 is 0 Å². The monoisotopic (exact) mass is 356 g/mol. The molecule has 3 rings (SSSR count).